The Bertz CT molecular complexity index is 591. The first-order chi connectivity index (χ1) is 11.1. The van der Waals surface area contributed by atoms with Crippen LogP contribution in [0.25, 0.3) is 0 Å². The largest absolute Gasteiger partial charge is 0.356 e. The van der Waals surface area contributed by atoms with Crippen molar-refractivity contribution in [3.63, 3.8) is 0 Å². The molecule has 2 fully saturated rings. The minimum absolute atomic E-state index is 0. The zero-order valence-corrected chi connectivity index (χ0v) is 15.0. The summed E-state index contributed by atoms with van der Waals surface area (Å²) < 4.78 is 0. The summed E-state index contributed by atoms with van der Waals surface area (Å²) in [6.07, 6.45) is 2.42. The van der Waals surface area contributed by atoms with Crippen LogP contribution in [0.5, 0.6) is 0 Å². The number of rotatable bonds is 5. The van der Waals surface area contributed by atoms with E-state index in [9.17, 15) is 9.59 Å². The molecule has 2 unspecified atom stereocenters. The van der Waals surface area contributed by atoms with Gasteiger partial charge >= 0.3 is 0 Å². The van der Waals surface area contributed by atoms with Crippen molar-refractivity contribution < 1.29 is 9.59 Å². The molecule has 2 aliphatic heterocycles. The van der Waals surface area contributed by atoms with Crippen molar-refractivity contribution in [2.45, 2.75) is 19.3 Å². The monoisotopic (exact) mass is 371 g/mol. The molecule has 0 radical (unpaired) electrons. The van der Waals surface area contributed by atoms with Gasteiger partial charge in [-0.3, -0.25) is 9.59 Å². The second-order valence-electron chi connectivity index (χ2n) is 6.30. The molecule has 0 aromatic heterocycles. The molecule has 2 heterocycles. The number of carbonyl (C=O) groups is 2. The van der Waals surface area contributed by atoms with Crippen LogP contribution >= 0.6 is 24.0 Å². The molecule has 0 bridgehead atoms. The number of hydrogen-bond donors (Lipinski definition) is 2. The highest BCUT2D eigenvalue weighted by atomic mass is 35.5. The van der Waals surface area contributed by atoms with Crippen molar-refractivity contribution in [3.05, 3.63) is 29.3 Å². The summed E-state index contributed by atoms with van der Waals surface area (Å²) in [5.41, 5.74) is 0.687. The van der Waals surface area contributed by atoms with E-state index in [1.807, 2.05) is 18.2 Å². The lowest BCUT2D eigenvalue weighted by molar-refractivity contribution is -0.126. The summed E-state index contributed by atoms with van der Waals surface area (Å²) in [7, 11) is 0. The second kappa shape index (κ2) is 8.70. The average Bonchev–Trinajstić information content (AvgIpc) is 3.17. The summed E-state index contributed by atoms with van der Waals surface area (Å²) >= 11 is 6.15. The van der Waals surface area contributed by atoms with Gasteiger partial charge in [-0.05, 0) is 44.0 Å². The summed E-state index contributed by atoms with van der Waals surface area (Å²) in [6, 6.07) is 7.24. The van der Waals surface area contributed by atoms with Gasteiger partial charge in [0.2, 0.25) is 11.8 Å². The number of nitrogens with zero attached hydrogens (tertiary/aromatic N) is 1. The van der Waals surface area contributed by atoms with E-state index >= 15 is 0 Å². The second-order valence-corrected chi connectivity index (χ2v) is 6.70. The number of para-hydroxylation sites is 1. The maximum absolute atomic E-state index is 12.3. The molecule has 0 spiro atoms. The zero-order chi connectivity index (χ0) is 16.2. The zero-order valence-electron chi connectivity index (χ0n) is 13.5. The van der Waals surface area contributed by atoms with Crippen molar-refractivity contribution in [2.75, 3.05) is 31.1 Å². The first-order valence-electron chi connectivity index (χ1n) is 8.18. The normalized spacial score (nSPS) is 23.2. The third-order valence-electron chi connectivity index (χ3n) is 4.65. The molecule has 0 saturated carbocycles. The number of amides is 2. The number of halogens is 2. The number of carbonyl (C=O) groups excluding carboxylic acids is 2. The van der Waals surface area contributed by atoms with Crippen LogP contribution in [-0.2, 0) is 9.59 Å². The lowest BCUT2D eigenvalue weighted by Crippen LogP contribution is -2.34. The molecule has 2 amide bonds. The number of nitrogens with one attached hydrogen (secondary N) is 2. The molecular formula is C17H23Cl2N3O2. The predicted molar refractivity (Wildman–Crippen MR) is 97.8 cm³/mol. The molecule has 7 heteroatoms. The van der Waals surface area contributed by atoms with Crippen molar-refractivity contribution in [3.8, 4) is 0 Å². The molecule has 0 aliphatic carbocycles. The van der Waals surface area contributed by atoms with Gasteiger partial charge in [-0.2, -0.15) is 0 Å². The van der Waals surface area contributed by atoms with E-state index in [0.717, 1.165) is 19.5 Å². The molecule has 3 rings (SSSR count). The summed E-state index contributed by atoms with van der Waals surface area (Å²) in [5, 5.41) is 6.84. The Labute approximate surface area is 153 Å². The lowest BCUT2D eigenvalue weighted by Gasteiger charge is -2.18. The fourth-order valence-electron chi connectivity index (χ4n) is 3.29. The molecule has 2 saturated heterocycles. The molecule has 2 N–H and O–H groups in total. The lowest BCUT2D eigenvalue weighted by atomic mass is 10.0. The number of hydrogen-bond acceptors (Lipinski definition) is 3. The highest BCUT2D eigenvalue weighted by Crippen LogP contribution is 2.31. The SMILES string of the molecule is Cl.O=C(NCCC1CCNC1)C1CC(=O)N(c2ccccc2Cl)C1. The van der Waals surface area contributed by atoms with E-state index in [1.165, 1.54) is 6.42 Å². The molecule has 1 aromatic rings. The smallest absolute Gasteiger partial charge is 0.227 e. The Balaban J connectivity index is 0.00000208. The van der Waals surface area contributed by atoms with Gasteiger partial charge in [0.05, 0.1) is 16.6 Å². The van der Waals surface area contributed by atoms with E-state index < -0.39 is 0 Å². The quantitative estimate of drug-likeness (QED) is 0.833. The van der Waals surface area contributed by atoms with Gasteiger partial charge in [0, 0.05) is 19.5 Å². The van der Waals surface area contributed by atoms with Crippen LogP contribution in [0, 0.1) is 11.8 Å². The van der Waals surface area contributed by atoms with E-state index in [0.29, 0.717) is 29.7 Å². The molecule has 1 aromatic carbocycles. The van der Waals surface area contributed by atoms with E-state index in [2.05, 4.69) is 10.6 Å². The highest BCUT2D eigenvalue weighted by Gasteiger charge is 2.35. The molecule has 5 nitrogen and oxygen atoms in total. The summed E-state index contributed by atoms with van der Waals surface area (Å²) in [5.74, 6) is 0.290. The predicted octanol–water partition coefficient (Wildman–Crippen LogP) is 2.23. The molecule has 2 atom stereocenters. The van der Waals surface area contributed by atoms with Crippen molar-refractivity contribution >= 4 is 41.5 Å². The van der Waals surface area contributed by atoms with Crippen LogP contribution < -0.4 is 15.5 Å². The van der Waals surface area contributed by atoms with E-state index in [1.54, 1.807) is 11.0 Å². The average molecular weight is 372 g/mol. The first kappa shape index (κ1) is 19.0. The molecular weight excluding hydrogens is 349 g/mol. The Morgan fingerprint density at radius 2 is 2.17 bits per heavy atom. The van der Waals surface area contributed by atoms with Gasteiger partial charge in [0.1, 0.15) is 0 Å². The maximum atomic E-state index is 12.3. The maximum Gasteiger partial charge on any atom is 0.227 e. The number of anilines is 1. The van der Waals surface area contributed by atoms with Gasteiger partial charge in [-0.15, -0.1) is 12.4 Å². The van der Waals surface area contributed by atoms with Gasteiger partial charge in [0.15, 0.2) is 0 Å². The van der Waals surface area contributed by atoms with Crippen LogP contribution in [0.15, 0.2) is 24.3 Å². The topological polar surface area (TPSA) is 61.4 Å². The van der Waals surface area contributed by atoms with Crippen LogP contribution in [-0.4, -0.2) is 38.0 Å². The third-order valence-corrected chi connectivity index (χ3v) is 4.97. The minimum Gasteiger partial charge on any atom is -0.356 e. The standard InChI is InChI=1S/C17H22ClN3O2.ClH/c18-14-3-1-2-4-15(14)21-11-13(9-16(21)22)17(23)20-8-6-12-5-7-19-10-12;/h1-4,12-13,19H,5-11H2,(H,20,23);1H. The van der Waals surface area contributed by atoms with Gasteiger partial charge in [0.25, 0.3) is 0 Å². The number of benzene rings is 1. The van der Waals surface area contributed by atoms with E-state index in [4.69, 9.17) is 11.6 Å². The van der Waals surface area contributed by atoms with Gasteiger partial charge < -0.3 is 15.5 Å². The Morgan fingerprint density at radius 3 is 2.88 bits per heavy atom. The Kier molecular flexibility index (Phi) is 6.90. The molecule has 2 aliphatic rings. The Hall–Kier alpha value is -1.30. The summed E-state index contributed by atoms with van der Waals surface area (Å²) in [6.45, 7) is 3.20. The van der Waals surface area contributed by atoms with Crippen molar-refractivity contribution in [1.29, 1.82) is 0 Å². The van der Waals surface area contributed by atoms with Gasteiger partial charge in [-0.25, -0.2) is 0 Å². The molecule has 132 valence electrons. The summed E-state index contributed by atoms with van der Waals surface area (Å²) in [4.78, 5) is 26.1. The third kappa shape index (κ3) is 4.41. The van der Waals surface area contributed by atoms with Crippen LogP contribution in [0.1, 0.15) is 19.3 Å². The van der Waals surface area contributed by atoms with Crippen LogP contribution in [0.4, 0.5) is 5.69 Å². The Morgan fingerprint density at radius 1 is 1.38 bits per heavy atom. The van der Waals surface area contributed by atoms with Crippen LogP contribution in [0.2, 0.25) is 5.02 Å². The first-order valence-corrected chi connectivity index (χ1v) is 8.56. The minimum atomic E-state index is -0.291. The van der Waals surface area contributed by atoms with Crippen LogP contribution in [0.3, 0.4) is 0 Å². The fourth-order valence-corrected chi connectivity index (χ4v) is 3.53. The fraction of sp³-hybridized carbons (Fsp3) is 0.529. The van der Waals surface area contributed by atoms with Crippen molar-refractivity contribution in [1.82, 2.24) is 10.6 Å². The highest BCUT2D eigenvalue weighted by molar-refractivity contribution is 6.33. The van der Waals surface area contributed by atoms with Gasteiger partial charge in [-0.1, -0.05) is 23.7 Å². The van der Waals surface area contributed by atoms with E-state index in [-0.39, 0.29) is 36.6 Å². The van der Waals surface area contributed by atoms with Crippen molar-refractivity contribution in [2.24, 2.45) is 11.8 Å². The molecule has 24 heavy (non-hydrogen) atoms.